The van der Waals surface area contributed by atoms with Gasteiger partial charge in [-0.25, -0.2) is 22.9 Å². The van der Waals surface area contributed by atoms with Gasteiger partial charge in [0.2, 0.25) is 0 Å². The Hall–Kier alpha value is -4.14. The second-order valence-corrected chi connectivity index (χ2v) is 7.60. The van der Waals surface area contributed by atoms with Gasteiger partial charge in [-0.3, -0.25) is 10.00 Å². The second-order valence-electron chi connectivity index (χ2n) is 7.60. The summed E-state index contributed by atoms with van der Waals surface area (Å²) in [7, 11) is 0. The van der Waals surface area contributed by atoms with Gasteiger partial charge in [-0.2, -0.15) is 5.10 Å². The SMILES string of the molecule is O=C1OC(c2ccc(F)cc2)(c2ccc(F)cc2)C(c2ccccc2F)N1Cc1ncn[nH]1. The molecule has 6 nitrogen and oxygen atoms in total. The molecule has 1 saturated heterocycles. The third-order valence-corrected chi connectivity index (χ3v) is 5.71. The normalized spacial score (nSPS) is 17.2. The number of aromatic amines is 1. The summed E-state index contributed by atoms with van der Waals surface area (Å²) in [5.41, 5.74) is -0.619. The van der Waals surface area contributed by atoms with Gasteiger partial charge >= 0.3 is 6.09 Å². The first kappa shape index (κ1) is 20.7. The number of halogens is 3. The van der Waals surface area contributed by atoms with E-state index in [1.807, 2.05) is 0 Å². The van der Waals surface area contributed by atoms with Crippen molar-refractivity contribution < 1.29 is 22.7 Å². The highest BCUT2D eigenvalue weighted by atomic mass is 19.1. The van der Waals surface area contributed by atoms with Crippen LogP contribution < -0.4 is 0 Å². The molecule has 1 aliphatic rings. The predicted molar refractivity (Wildman–Crippen MR) is 111 cm³/mol. The van der Waals surface area contributed by atoms with Crippen LogP contribution in [0.25, 0.3) is 0 Å². The number of nitrogens with zero attached hydrogens (tertiary/aromatic N) is 3. The summed E-state index contributed by atoms with van der Waals surface area (Å²) in [6.45, 7) is -0.0536. The number of rotatable bonds is 5. The standard InChI is InChI=1S/C24H17F3N4O2/c25-17-9-5-15(6-10-17)24(16-7-11-18(26)12-8-16)22(19-3-1-2-4-20(19)27)31(23(32)33-24)13-21-28-14-29-30-21/h1-12,14,22H,13H2,(H,28,29,30). The zero-order valence-electron chi connectivity index (χ0n) is 17.1. The van der Waals surface area contributed by atoms with E-state index in [2.05, 4.69) is 15.2 Å². The predicted octanol–water partition coefficient (Wildman–Crippen LogP) is 4.86. The number of carbonyl (C=O) groups is 1. The number of hydrogen-bond acceptors (Lipinski definition) is 4. The molecule has 33 heavy (non-hydrogen) atoms. The zero-order chi connectivity index (χ0) is 23.0. The van der Waals surface area contributed by atoms with Crippen molar-refractivity contribution in [3.63, 3.8) is 0 Å². The molecule has 0 spiro atoms. The summed E-state index contributed by atoms with van der Waals surface area (Å²) in [5.74, 6) is -1.17. The minimum Gasteiger partial charge on any atom is -0.430 e. The lowest BCUT2D eigenvalue weighted by atomic mass is 9.77. The van der Waals surface area contributed by atoms with Crippen molar-refractivity contribution in [1.29, 1.82) is 0 Å². The number of amides is 1. The van der Waals surface area contributed by atoms with Gasteiger partial charge in [0.05, 0.1) is 6.54 Å². The molecule has 1 atom stereocenters. The fourth-order valence-corrected chi connectivity index (χ4v) is 4.28. The van der Waals surface area contributed by atoms with Crippen LogP contribution in [-0.2, 0) is 16.9 Å². The molecule has 3 aromatic carbocycles. The van der Waals surface area contributed by atoms with E-state index in [-0.39, 0.29) is 12.1 Å². The minimum atomic E-state index is -1.60. The number of cyclic esters (lactones) is 1. The molecule has 1 amide bonds. The van der Waals surface area contributed by atoms with Crippen LogP contribution in [0.4, 0.5) is 18.0 Å². The molecule has 1 aromatic heterocycles. The maximum Gasteiger partial charge on any atom is 0.412 e. The number of nitrogens with one attached hydrogen (secondary N) is 1. The van der Waals surface area contributed by atoms with Crippen molar-refractivity contribution in [2.45, 2.75) is 18.2 Å². The van der Waals surface area contributed by atoms with E-state index < -0.39 is 35.2 Å². The van der Waals surface area contributed by atoms with Crippen molar-refractivity contribution in [3.8, 4) is 0 Å². The lowest BCUT2D eigenvalue weighted by Gasteiger charge is -2.36. The molecule has 1 aliphatic heterocycles. The van der Waals surface area contributed by atoms with Crippen LogP contribution in [0.2, 0.25) is 0 Å². The summed E-state index contributed by atoms with van der Waals surface area (Å²) in [6, 6.07) is 15.8. The van der Waals surface area contributed by atoms with Gasteiger partial charge in [0.15, 0.2) is 5.60 Å². The first-order valence-electron chi connectivity index (χ1n) is 10.1. The third kappa shape index (κ3) is 3.51. The van der Waals surface area contributed by atoms with E-state index in [4.69, 9.17) is 4.74 Å². The monoisotopic (exact) mass is 450 g/mol. The van der Waals surface area contributed by atoms with Crippen LogP contribution in [0, 0.1) is 17.5 Å². The van der Waals surface area contributed by atoms with E-state index in [1.165, 1.54) is 71.9 Å². The fraction of sp³-hybridized carbons (Fsp3) is 0.125. The molecule has 0 radical (unpaired) electrons. The number of aromatic nitrogens is 3. The molecule has 9 heteroatoms. The van der Waals surface area contributed by atoms with Gasteiger partial charge in [0.25, 0.3) is 0 Å². The molecular weight excluding hydrogens is 433 g/mol. The average Bonchev–Trinajstić information content (AvgIpc) is 3.42. The molecule has 4 aromatic rings. The maximum absolute atomic E-state index is 15.2. The number of H-pyrrole nitrogens is 1. The quantitative estimate of drug-likeness (QED) is 0.472. The van der Waals surface area contributed by atoms with Gasteiger partial charge in [0, 0.05) is 16.7 Å². The topological polar surface area (TPSA) is 71.1 Å². The maximum atomic E-state index is 15.2. The van der Waals surface area contributed by atoms with Crippen molar-refractivity contribution in [3.05, 3.63) is 119 Å². The molecule has 0 bridgehead atoms. The Morgan fingerprint density at radius 2 is 1.52 bits per heavy atom. The molecule has 1 fully saturated rings. The van der Waals surface area contributed by atoms with E-state index in [0.29, 0.717) is 17.0 Å². The summed E-state index contributed by atoms with van der Waals surface area (Å²) in [6.07, 6.45) is 0.551. The fourth-order valence-electron chi connectivity index (χ4n) is 4.28. The van der Waals surface area contributed by atoms with Gasteiger partial charge in [-0.1, -0.05) is 42.5 Å². The van der Waals surface area contributed by atoms with Crippen LogP contribution in [0.1, 0.15) is 28.6 Å². The number of benzene rings is 3. The van der Waals surface area contributed by atoms with Crippen LogP contribution >= 0.6 is 0 Å². The van der Waals surface area contributed by atoms with Gasteiger partial charge in [-0.05, 0) is 30.3 Å². The van der Waals surface area contributed by atoms with Crippen molar-refractivity contribution in [2.75, 3.05) is 0 Å². The highest BCUT2D eigenvalue weighted by Gasteiger charge is 2.57. The van der Waals surface area contributed by atoms with E-state index in [0.717, 1.165) is 0 Å². The van der Waals surface area contributed by atoms with Crippen molar-refractivity contribution >= 4 is 6.09 Å². The summed E-state index contributed by atoms with van der Waals surface area (Å²) in [5, 5.41) is 6.49. The molecule has 0 saturated carbocycles. The smallest absolute Gasteiger partial charge is 0.412 e. The van der Waals surface area contributed by atoms with Crippen LogP contribution in [0.5, 0.6) is 0 Å². The first-order chi connectivity index (χ1) is 16.0. The Kier molecular flexibility index (Phi) is 5.08. The van der Waals surface area contributed by atoms with E-state index in [9.17, 15) is 13.6 Å². The first-order valence-corrected chi connectivity index (χ1v) is 10.1. The Morgan fingerprint density at radius 3 is 2.06 bits per heavy atom. The Morgan fingerprint density at radius 1 is 0.909 bits per heavy atom. The Balaban J connectivity index is 1.78. The van der Waals surface area contributed by atoms with Gasteiger partial charge in [0.1, 0.15) is 35.6 Å². The molecule has 166 valence electrons. The number of ether oxygens (including phenoxy) is 1. The molecule has 0 aliphatic carbocycles. The molecule has 1 N–H and O–H groups in total. The second kappa shape index (κ2) is 8.09. The van der Waals surface area contributed by atoms with Gasteiger partial charge in [-0.15, -0.1) is 0 Å². The zero-order valence-corrected chi connectivity index (χ0v) is 17.1. The van der Waals surface area contributed by atoms with Gasteiger partial charge < -0.3 is 4.74 Å². The summed E-state index contributed by atoms with van der Waals surface area (Å²) >= 11 is 0. The number of carbonyl (C=O) groups excluding carboxylic acids is 1. The average molecular weight is 450 g/mol. The van der Waals surface area contributed by atoms with Crippen molar-refractivity contribution in [1.82, 2.24) is 20.1 Å². The third-order valence-electron chi connectivity index (χ3n) is 5.71. The Labute approximate surface area is 186 Å². The molecule has 1 unspecified atom stereocenters. The van der Waals surface area contributed by atoms with E-state index in [1.54, 1.807) is 12.1 Å². The summed E-state index contributed by atoms with van der Waals surface area (Å²) in [4.78, 5) is 18.7. The Bertz CT molecular complexity index is 1230. The minimum absolute atomic E-state index is 0.0536. The van der Waals surface area contributed by atoms with Crippen LogP contribution in [0.15, 0.2) is 79.1 Å². The van der Waals surface area contributed by atoms with Crippen LogP contribution in [-0.4, -0.2) is 26.2 Å². The lowest BCUT2D eigenvalue weighted by Crippen LogP contribution is -2.38. The summed E-state index contributed by atoms with van der Waals surface area (Å²) < 4.78 is 48.8. The van der Waals surface area contributed by atoms with Crippen molar-refractivity contribution in [2.24, 2.45) is 0 Å². The molecule has 2 heterocycles. The highest BCUT2D eigenvalue weighted by molar-refractivity contribution is 5.74. The highest BCUT2D eigenvalue weighted by Crippen LogP contribution is 2.53. The van der Waals surface area contributed by atoms with E-state index >= 15 is 4.39 Å². The number of hydrogen-bond donors (Lipinski definition) is 1. The molecule has 5 rings (SSSR count). The molecular formula is C24H17F3N4O2. The van der Waals surface area contributed by atoms with Crippen LogP contribution in [0.3, 0.4) is 0 Å². The largest absolute Gasteiger partial charge is 0.430 e. The lowest BCUT2D eigenvalue weighted by molar-refractivity contribution is 0.0662.